The number of hydrogen-bond acceptors (Lipinski definition) is 3. The van der Waals surface area contributed by atoms with E-state index in [2.05, 4.69) is 56.9 Å². The van der Waals surface area contributed by atoms with Crippen molar-refractivity contribution < 1.29 is 14.6 Å². The highest BCUT2D eigenvalue weighted by atomic mass is 16.5. The zero-order chi connectivity index (χ0) is 21.0. The Morgan fingerprint density at radius 2 is 1.41 bits per heavy atom. The molecule has 4 nitrogen and oxygen atoms in total. The van der Waals surface area contributed by atoms with Crippen LogP contribution in [0.25, 0.3) is 0 Å². The minimum Gasteiger partial charge on any atom is -0.480 e. The molecule has 0 amide bonds. The van der Waals surface area contributed by atoms with Crippen LogP contribution in [0.5, 0.6) is 0 Å². The number of hydrogen-bond donors (Lipinski definition) is 1. The number of aryl methyl sites for hydroxylation is 4. The number of carboxylic acids is 1. The maximum atomic E-state index is 11.6. The van der Waals surface area contributed by atoms with Gasteiger partial charge in [0.25, 0.3) is 0 Å². The summed E-state index contributed by atoms with van der Waals surface area (Å²) in [7, 11) is 0. The first-order valence-electron chi connectivity index (χ1n) is 9.73. The van der Waals surface area contributed by atoms with Crippen LogP contribution in [0.4, 0.5) is 0 Å². The Kier molecular flexibility index (Phi) is 6.14. The van der Waals surface area contributed by atoms with Crippen molar-refractivity contribution in [3.05, 3.63) is 99.9 Å². The van der Waals surface area contributed by atoms with Gasteiger partial charge in [-0.2, -0.15) is 0 Å². The smallest absolute Gasteiger partial charge is 0.329 e. The molecule has 2 aromatic carbocycles. The molecule has 150 valence electrons. The number of ether oxygens (including phenoxy) is 1. The molecule has 1 heterocycles. The van der Waals surface area contributed by atoms with Gasteiger partial charge in [-0.3, -0.25) is 4.98 Å². The van der Waals surface area contributed by atoms with E-state index < -0.39 is 11.6 Å². The van der Waals surface area contributed by atoms with Crippen LogP contribution in [0.3, 0.4) is 0 Å². The molecule has 0 saturated carbocycles. The molecule has 0 aliphatic rings. The standard InChI is InChI=1S/C25H27NO3/c1-17-8-5-9-18(2)23(17)25(29-16-22(27)28,14-21-12-7-13-26-15-21)24-19(3)10-6-11-20(24)4/h5-13,15H,14,16H2,1-4H3,(H,27,28). The molecule has 4 heteroatoms. The first kappa shape index (κ1) is 20.7. The highest BCUT2D eigenvalue weighted by Crippen LogP contribution is 2.43. The zero-order valence-electron chi connectivity index (χ0n) is 17.4. The third kappa shape index (κ3) is 4.22. The van der Waals surface area contributed by atoms with E-state index >= 15 is 0 Å². The molecule has 1 N–H and O–H groups in total. The maximum Gasteiger partial charge on any atom is 0.329 e. The van der Waals surface area contributed by atoms with Gasteiger partial charge in [-0.1, -0.05) is 42.5 Å². The summed E-state index contributed by atoms with van der Waals surface area (Å²) < 4.78 is 6.36. The fourth-order valence-corrected chi connectivity index (χ4v) is 4.38. The fraction of sp³-hybridized carbons (Fsp3) is 0.280. The number of rotatable bonds is 7. The summed E-state index contributed by atoms with van der Waals surface area (Å²) in [6.07, 6.45) is 4.05. The van der Waals surface area contributed by atoms with Crippen molar-refractivity contribution in [2.24, 2.45) is 0 Å². The Morgan fingerprint density at radius 1 is 0.897 bits per heavy atom. The summed E-state index contributed by atoms with van der Waals surface area (Å²) in [6, 6.07) is 16.2. The fourth-order valence-electron chi connectivity index (χ4n) is 4.38. The van der Waals surface area contributed by atoms with Gasteiger partial charge in [0.05, 0.1) is 0 Å². The zero-order valence-corrected chi connectivity index (χ0v) is 17.4. The largest absolute Gasteiger partial charge is 0.480 e. The van der Waals surface area contributed by atoms with E-state index in [0.29, 0.717) is 6.42 Å². The summed E-state index contributed by atoms with van der Waals surface area (Å²) >= 11 is 0. The Bertz CT molecular complexity index is 920. The molecule has 0 aliphatic heterocycles. The van der Waals surface area contributed by atoms with E-state index in [1.807, 2.05) is 30.5 Å². The number of aromatic nitrogens is 1. The molecule has 0 saturated heterocycles. The first-order valence-corrected chi connectivity index (χ1v) is 9.73. The average molecular weight is 389 g/mol. The number of pyridine rings is 1. The van der Waals surface area contributed by atoms with E-state index in [0.717, 1.165) is 38.9 Å². The average Bonchev–Trinajstić information content (AvgIpc) is 2.67. The Balaban J connectivity index is 2.36. The molecular weight excluding hydrogens is 362 g/mol. The van der Waals surface area contributed by atoms with Crippen LogP contribution in [0.1, 0.15) is 38.9 Å². The quantitative estimate of drug-likeness (QED) is 0.624. The van der Waals surface area contributed by atoms with Gasteiger partial charge in [-0.05, 0) is 72.7 Å². The van der Waals surface area contributed by atoms with Crippen LogP contribution < -0.4 is 0 Å². The van der Waals surface area contributed by atoms with Gasteiger partial charge in [-0.25, -0.2) is 4.79 Å². The lowest BCUT2D eigenvalue weighted by molar-refractivity contribution is -0.148. The molecule has 0 bridgehead atoms. The van der Waals surface area contributed by atoms with Crippen LogP contribution in [-0.2, 0) is 21.6 Å². The van der Waals surface area contributed by atoms with Crippen LogP contribution >= 0.6 is 0 Å². The van der Waals surface area contributed by atoms with Crippen LogP contribution in [-0.4, -0.2) is 22.7 Å². The van der Waals surface area contributed by atoms with Crippen LogP contribution in [0.15, 0.2) is 60.9 Å². The lowest BCUT2D eigenvalue weighted by Crippen LogP contribution is -2.38. The Hall–Kier alpha value is -2.98. The summed E-state index contributed by atoms with van der Waals surface area (Å²) in [4.78, 5) is 15.8. The molecule has 0 aliphatic carbocycles. The third-order valence-corrected chi connectivity index (χ3v) is 5.39. The van der Waals surface area contributed by atoms with E-state index in [-0.39, 0.29) is 6.61 Å². The lowest BCUT2D eigenvalue weighted by Gasteiger charge is -2.39. The van der Waals surface area contributed by atoms with E-state index in [1.165, 1.54) is 0 Å². The SMILES string of the molecule is Cc1cccc(C)c1C(Cc1cccnc1)(OCC(=O)O)c1c(C)cccc1C. The van der Waals surface area contributed by atoms with Gasteiger partial charge in [-0.15, -0.1) is 0 Å². The van der Waals surface area contributed by atoms with Crippen molar-refractivity contribution in [3.63, 3.8) is 0 Å². The molecule has 0 atom stereocenters. The van der Waals surface area contributed by atoms with Crippen molar-refractivity contribution in [1.29, 1.82) is 0 Å². The van der Waals surface area contributed by atoms with Gasteiger partial charge in [0.1, 0.15) is 12.2 Å². The maximum absolute atomic E-state index is 11.6. The second-order valence-electron chi connectivity index (χ2n) is 7.58. The highest BCUT2D eigenvalue weighted by molar-refractivity contribution is 5.68. The monoisotopic (exact) mass is 389 g/mol. The molecule has 3 aromatic rings. The number of nitrogens with zero attached hydrogens (tertiary/aromatic N) is 1. The third-order valence-electron chi connectivity index (χ3n) is 5.39. The van der Waals surface area contributed by atoms with Gasteiger partial charge < -0.3 is 9.84 Å². The summed E-state index contributed by atoms with van der Waals surface area (Å²) in [5, 5.41) is 9.48. The van der Waals surface area contributed by atoms with Crippen molar-refractivity contribution >= 4 is 5.97 Å². The van der Waals surface area contributed by atoms with Crippen LogP contribution in [0, 0.1) is 27.7 Å². The van der Waals surface area contributed by atoms with Gasteiger partial charge in [0.2, 0.25) is 0 Å². The Labute approximate surface area is 172 Å². The van der Waals surface area contributed by atoms with Crippen LogP contribution in [0.2, 0.25) is 0 Å². The highest BCUT2D eigenvalue weighted by Gasteiger charge is 2.41. The van der Waals surface area contributed by atoms with E-state index in [9.17, 15) is 9.90 Å². The Morgan fingerprint density at radius 3 is 1.83 bits per heavy atom. The van der Waals surface area contributed by atoms with E-state index in [1.54, 1.807) is 6.20 Å². The van der Waals surface area contributed by atoms with Gasteiger partial charge in [0.15, 0.2) is 0 Å². The molecule has 0 fully saturated rings. The van der Waals surface area contributed by atoms with Gasteiger partial charge in [0, 0.05) is 18.8 Å². The molecule has 3 rings (SSSR count). The molecule has 0 unspecified atom stereocenters. The topological polar surface area (TPSA) is 59.4 Å². The second-order valence-corrected chi connectivity index (χ2v) is 7.58. The number of carboxylic acid groups (broad SMARTS) is 1. The lowest BCUT2D eigenvalue weighted by atomic mass is 9.74. The number of benzene rings is 2. The minimum atomic E-state index is -0.988. The predicted molar refractivity (Wildman–Crippen MR) is 114 cm³/mol. The van der Waals surface area contributed by atoms with E-state index in [4.69, 9.17) is 4.74 Å². The van der Waals surface area contributed by atoms with Gasteiger partial charge >= 0.3 is 5.97 Å². The van der Waals surface area contributed by atoms with Crippen molar-refractivity contribution in [2.45, 2.75) is 39.7 Å². The first-order chi connectivity index (χ1) is 13.8. The molecule has 0 radical (unpaired) electrons. The summed E-state index contributed by atoms with van der Waals surface area (Å²) in [6.45, 7) is 7.83. The summed E-state index contributed by atoms with van der Waals surface area (Å²) in [5.74, 6) is -0.988. The van der Waals surface area contributed by atoms with Crippen molar-refractivity contribution in [3.8, 4) is 0 Å². The van der Waals surface area contributed by atoms with Crippen molar-refractivity contribution in [1.82, 2.24) is 4.98 Å². The normalized spacial score (nSPS) is 11.4. The molecular formula is C25H27NO3. The molecule has 29 heavy (non-hydrogen) atoms. The predicted octanol–water partition coefficient (Wildman–Crippen LogP) is 4.90. The second kappa shape index (κ2) is 8.58. The molecule has 0 spiro atoms. The number of carbonyl (C=O) groups is 1. The number of aliphatic carboxylic acids is 1. The minimum absolute atomic E-state index is 0.387. The van der Waals surface area contributed by atoms with Crippen molar-refractivity contribution in [2.75, 3.05) is 6.61 Å². The summed E-state index contributed by atoms with van der Waals surface area (Å²) in [5.41, 5.74) is 6.37. The molecule has 1 aromatic heterocycles.